The molecule has 0 aliphatic carbocycles. The minimum Gasteiger partial charge on any atom is -0.350 e. The van der Waals surface area contributed by atoms with Crippen LogP contribution < -0.4 is 5.32 Å². The van der Waals surface area contributed by atoms with Crippen LogP contribution in [0.25, 0.3) is 0 Å². The zero-order valence-electron chi connectivity index (χ0n) is 13.1. The number of benzene rings is 2. The van der Waals surface area contributed by atoms with Gasteiger partial charge in [0, 0.05) is 6.42 Å². The van der Waals surface area contributed by atoms with E-state index in [1.807, 2.05) is 13.0 Å². The van der Waals surface area contributed by atoms with E-state index < -0.39 is 0 Å². The first kappa shape index (κ1) is 16.2. The quantitative estimate of drug-likeness (QED) is 0.851. The highest BCUT2D eigenvalue weighted by molar-refractivity contribution is 5.76. The maximum absolute atomic E-state index is 13.1. The first-order valence-electron chi connectivity index (χ1n) is 7.71. The molecule has 1 atom stereocenters. The number of aryl methyl sites for hydroxylation is 2. The van der Waals surface area contributed by atoms with Gasteiger partial charge in [-0.05, 0) is 48.6 Å². The Labute approximate surface area is 131 Å². The molecule has 0 spiro atoms. The Morgan fingerprint density at radius 1 is 1.14 bits per heavy atom. The third kappa shape index (κ3) is 4.69. The van der Waals surface area contributed by atoms with Crippen molar-refractivity contribution < 1.29 is 9.18 Å². The first-order chi connectivity index (χ1) is 10.6. The predicted molar refractivity (Wildman–Crippen MR) is 87.1 cm³/mol. The summed E-state index contributed by atoms with van der Waals surface area (Å²) in [6.07, 6.45) is 1.92. The van der Waals surface area contributed by atoms with Crippen LogP contribution in [0.2, 0.25) is 0 Å². The van der Waals surface area contributed by atoms with Gasteiger partial charge in [0.25, 0.3) is 0 Å². The fourth-order valence-corrected chi connectivity index (χ4v) is 2.39. The summed E-state index contributed by atoms with van der Waals surface area (Å²) in [7, 11) is 0. The average molecular weight is 299 g/mol. The zero-order valence-corrected chi connectivity index (χ0v) is 13.1. The third-order valence-corrected chi connectivity index (χ3v) is 3.80. The summed E-state index contributed by atoms with van der Waals surface area (Å²) < 4.78 is 13.1. The molecule has 3 heteroatoms. The van der Waals surface area contributed by atoms with Crippen molar-refractivity contribution in [3.63, 3.8) is 0 Å². The summed E-state index contributed by atoms with van der Waals surface area (Å²) in [5.74, 6) is -0.279. The number of nitrogens with one attached hydrogen (secondary N) is 1. The van der Waals surface area contributed by atoms with Gasteiger partial charge in [-0.25, -0.2) is 4.39 Å². The van der Waals surface area contributed by atoms with Gasteiger partial charge in [0.15, 0.2) is 0 Å². The van der Waals surface area contributed by atoms with E-state index in [-0.39, 0.29) is 17.8 Å². The van der Waals surface area contributed by atoms with Gasteiger partial charge in [0.05, 0.1) is 6.04 Å². The van der Waals surface area contributed by atoms with Crippen molar-refractivity contribution in [2.24, 2.45) is 0 Å². The second-order valence-electron chi connectivity index (χ2n) is 5.51. The van der Waals surface area contributed by atoms with E-state index in [0.717, 1.165) is 17.5 Å². The molecule has 0 heterocycles. The standard InChI is InChI=1S/C19H22FNO/c1-3-15-7-10-17(11-8-15)14(2)21-19(22)12-9-16-5-4-6-18(20)13-16/h4-8,10-11,13-14H,3,9,12H2,1-2H3,(H,21,22). The van der Waals surface area contributed by atoms with Gasteiger partial charge in [-0.3, -0.25) is 4.79 Å². The number of rotatable bonds is 6. The lowest BCUT2D eigenvalue weighted by Crippen LogP contribution is -2.26. The van der Waals surface area contributed by atoms with E-state index >= 15 is 0 Å². The SMILES string of the molecule is CCc1ccc(C(C)NC(=O)CCc2cccc(F)c2)cc1. The lowest BCUT2D eigenvalue weighted by molar-refractivity contribution is -0.121. The zero-order chi connectivity index (χ0) is 15.9. The van der Waals surface area contributed by atoms with Crippen LogP contribution in [0.15, 0.2) is 48.5 Å². The van der Waals surface area contributed by atoms with Crippen molar-refractivity contribution in [1.82, 2.24) is 5.32 Å². The highest BCUT2D eigenvalue weighted by Crippen LogP contribution is 2.14. The molecule has 0 saturated carbocycles. The molecule has 0 bridgehead atoms. The van der Waals surface area contributed by atoms with E-state index in [9.17, 15) is 9.18 Å². The molecular weight excluding hydrogens is 277 g/mol. The summed E-state index contributed by atoms with van der Waals surface area (Å²) in [5.41, 5.74) is 3.22. The monoisotopic (exact) mass is 299 g/mol. The Morgan fingerprint density at radius 2 is 1.86 bits per heavy atom. The smallest absolute Gasteiger partial charge is 0.220 e. The molecular formula is C19H22FNO. The Balaban J connectivity index is 1.85. The lowest BCUT2D eigenvalue weighted by Gasteiger charge is -2.15. The molecule has 1 N–H and O–H groups in total. The first-order valence-corrected chi connectivity index (χ1v) is 7.71. The molecule has 1 unspecified atom stereocenters. The van der Waals surface area contributed by atoms with Crippen molar-refractivity contribution in [1.29, 1.82) is 0 Å². The molecule has 0 aliphatic heterocycles. The van der Waals surface area contributed by atoms with Crippen molar-refractivity contribution in [2.75, 3.05) is 0 Å². The highest BCUT2D eigenvalue weighted by Gasteiger charge is 2.09. The number of hydrogen-bond acceptors (Lipinski definition) is 1. The second kappa shape index (κ2) is 7.74. The summed E-state index contributed by atoms with van der Waals surface area (Å²) in [6.45, 7) is 4.09. The molecule has 1 amide bonds. The normalized spacial score (nSPS) is 12.0. The Morgan fingerprint density at radius 3 is 2.50 bits per heavy atom. The van der Waals surface area contributed by atoms with Crippen molar-refractivity contribution in [3.8, 4) is 0 Å². The Kier molecular flexibility index (Phi) is 5.70. The minimum absolute atomic E-state index is 0.0173. The lowest BCUT2D eigenvalue weighted by atomic mass is 10.0. The van der Waals surface area contributed by atoms with E-state index in [1.54, 1.807) is 6.07 Å². The molecule has 2 aromatic carbocycles. The summed E-state index contributed by atoms with van der Waals surface area (Å²) in [4.78, 5) is 12.0. The summed E-state index contributed by atoms with van der Waals surface area (Å²) >= 11 is 0. The van der Waals surface area contributed by atoms with Gasteiger partial charge in [-0.1, -0.05) is 43.3 Å². The largest absolute Gasteiger partial charge is 0.350 e. The topological polar surface area (TPSA) is 29.1 Å². The number of carbonyl (C=O) groups excluding carboxylic acids is 1. The Bertz CT molecular complexity index is 622. The van der Waals surface area contributed by atoms with Crippen LogP contribution in [0, 0.1) is 5.82 Å². The maximum atomic E-state index is 13.1. The number of amides is 1. The van der Waals surface area contributed by atoms with Crippen molar-refractivity contribution in [2.45, 2.75) is 39.2 Å². The van der Waals surface area contributed by atoms with E-state index in [1.165, 1.54) is 17.7 Å². The van der Waals surface area contributed by atoms with Gasteiger partial charge < -0.3 is 5.32 Å². The van der Waals surface area contributed by atoms with Crippen LogP contribution in [0.4, 0.5) is 4.39 Å². The fraction of sp³-hybridized carbons (Fsp3) is 0.316. The van der Waals surface area contributed by atoms with Gasteiger partial charge in [0.1, 0.15) is 5.82 Å². The number of halogens is 1. The molecule has 2 aromatic rings. The minimum atomic E-state index is -0.262. The number of hydrogen-bond donors (Lipinski definition) is 1. The maximum Gasteiger partial charge on any atom is 0.220 e. The summed E-state index contributed by atoms with van der Waals surface area (Å²) in [5, 5.41) is 2.99. The molecule has 22 heavy (non-hydrogen) atoms. The van der Waals surface area contributed by atoms with E-state index in [4.69, 9.17) is 0 Å². The van der Waals surface area contributed by atoms with Gasteiger partial charge in [-0.15, -0.1) is 0 Å². The van der Waals surface area contributed by atoms with Crippen LogP contribution >= 0.6 is 0 Å². The van der Waals surface area contributed by atoms with Crippen LogP contribution in [-0.2, 0) is 17.6 Å². The Hall–Kier alpha value is -2.16. The van der Waals surface area contributed by atoms with E-state index in [0.29, 0.717) is 12.8 Å². The van der Waals surface area contributed by atoms with Crippen LogP contribution in [0.1, 0.15) is 43.0 Å². The highest BCUT2D eigenvalue weighted by atomic mass is 19.1. The van der Waals surface area contributed by atoms with Crippen molar-refractivity contribution >= 4 is 5.91 Å². The molecule has 116 valence electrons. The van der Waals surface area contributed by atoms with Crippen LogP contribution in [0.5, 0.6) is 0 Å². The van der Waals surface area contributed by atoms with Crippen LogP contribution in [0.3, 0.4) is 0 Å². The molecule has 0 aliphatic rings. The molecule has 0 fully saturated rings. The fourth-order valence-electron chi connectivity index (χ4n) is 2.39. The van der Waals surface area contributed by atoms with Crippen molar-refractivity contribution in [3.05, 3.63) is 71.0 Å². The van der Waals surface area contributed by atoms with Crippen LogP contribution in [-0.4, -0.2) is 5.91 Å². The number of carbonyl (C=O) groups is 1. The predicted octanol–water partition coefficient (Wildman–Crippen LogP) is 4.20. The molecule has 2 rings (SSSR count). The van der Waals surface area contributed by atoms with Gasteiger partial charge in [0.2, 0.25) is 5.91 Å². The molecule has 0 radical (unpaired) electrons. The molecule has 0 saturated heterocycles. The van der Waals surface area contributed by atoms with Gasteiger partial charge in [-0.2, -0.15) is 0 Å². The summed E-state index contributed by atoms with van der Waals surface area (Å²) in [6, 6.07) is 14.6. The third-order valence-electron chi connectivity index (χ3n) is 3.80. The average Bonchev–Trinajstić information content (AvgIpc) is 2.53. The molecule has 2 nitrogen and oxygen atoms in total. The molecule has 0 aromatic heterocycles. The second-order valence-corrected chi connectivity index (χ2v) is 5.51. The van der Waals surface area contributed by atoms with E-state index in [2.05, 4.69) is 36.5 Å². The van der Waals surface area contributed by atoms with Gasteiger partial charge >= 0.3 is 0 Å².